The zero-order valence-electron chi connectivity index (χ0n) is 30.3. The van der Waals surface area contributed by atoms with E-state index in [0.29, 0.717) is 11.8 Å². The van der Waals surface area contributed by atoms with Crippen LogP contribution in [-0.4, -0.2) is 15.0 Å². The molecule has 0 amide bonds. The molecule has 7 aromatic carbocycles. The molecule has 55 heavy (non-hydrogen) atoms. The fourth-order valence-electron chi connectivity index (χ4n) is 9.82. The van der Waals surface area contributed by atoms with Crippen molar-refractivity contribution in [1.29, 1.82) is 0 Å². The first kappa shape index (κ1) is 30.5. The third kappa shape index (κ3) is 4.31. The first-order valence-electron chi connectivity index (χ1n) is 19.3. The molecule has 0 fully saturated rings. The molecule has 2 aromatic heterocycles. The molecule has 4 nitrogen and oxygen atoms in total. The van der Waals surface area contributed by atoms with Gasteiger partial charge in [-0.15, -0.1) is 0 Å². The summed E-state index contributed by atoms with van der Waals surface area (Å²) >= 11 is 0. The van der Waals surface area contributed by atoms with Gasteiger partial charge in [0.2, 0.25) is 0 Å². The number of amidine groups is 1. The van der Waals surface area contributed by atoms with Gasteiger partial charge in [0.1, 0.15) is 12.0 Å². The Balaban J connectivity index is 1.19. The number of aliphatic imine (C=N–C) groups is 1. The minimum absolute atomic E-state index is 0.308. The average molecular weight is 705 g/mol. The van der Waals surface area contributed by atoms with Crippen LogP contribution in [0, 0.1) is 5.92 Å². The molecule has 3 unspecified atom stereocenters. The summed E-state index contributed by atoms with van der Waals surface area (Å²) in [6.07, 6.45) is 6.82. The zero-order valence-corrected chi connectivity index (χ0v) is 30.3. The molecule has 0 saturated heterocycles. The van der Waals surface area contributed by atoms with E-state index in [2.05, 4.69) is 197 Å². The second-order valence-electron chi connectivity index (χ2n) is 15.2. The maximum Gasteiger partial charge on any atom is 0.149 e. The summed E-state index contributed by atoms with van der Waals surface area (Å²) in [5, 5.41) is 10.2. The minimum atomic E-state index is -0.325. The molecule has 2 aliphatic heterocycles. The number of allylic oxidation sites excluding steroid dienone is 1. The van der Waals surface area contributed by atoms with Crippen molar-refractivity contribution in [3.63, 3.8) is 0 Å². The Kier molecular flexibility index (Phi) is 6.41. The fourth-order valence-corrected chi connectivity index (χ4v) is 9.82. The molecular weight excluding hydrogens is 669 g/mol. The fraction of sp³-hybridized carbons (Fsp3) is 0.0784. The van der Waals surface area contributed by atoms with Gasteiger partial charge < -0.3 is 14.5 Å². The number of nitrogens with zero attached hydrogens (tertiary/aromatic N) is 3. The van der Waals surface area contributed by atoms with Crippen molar-refractivity contribution in [3.8, 4) is 16.8 Å². The maximum atomic E-state index is 5.60. The van der Waals surface area contributed by atoms with Crippen LogP contribution in [0.15, 0.2) is 175 Å². The van der Waals surface area contributed by atoms with E-state index in [1.54, 1.807) is 0 Å². The quantitative estimate of drug-likeness (QED) is 0.194. The number of para-hydroxylation sites is 2. The third-order valence-corrected chi connectivity index (χ3v) is 12.2. The van der Waals surface area contributed by atoms with Crippen molar-refractivity contribution < 1.29 is 0 Å². The van der Waals surface area contributed by atoms with Crippen LogP contribution in [-0.2, 0) is 0 Å². The monoisotopic (exact) mass is 704 g/mol. The van der Waals surface area contributed by atoms with Gasteiger partial charge in [0.25, 0.3) is 0 Å². The summed E-state index contributed by atoms with van der Waals surface area (Å²) in [4.78, 5) is 5.60. The molecule has 4 heteroatoms. The van der Waals surface area contributed by atoms with E-state index >= 15 is 0 Å². The lowest BCUT2D eigenvalue weighted by molar-refractivity contribution is 0.621. The van der Waals surface area contributed by atoms with E-state index in [4.69, 9.17) is 4.99 Å². The van der Waals surface area contributed by atoms with Gasteiger partial charge in [-0.3, -0.25) is 0 Å². The molecule has 0 bridgehead atoms. The number of fused-ring (bicyclic) bond motifs is 13. The SMILES string of the molecule is CC1C=Cc2c3n(c4c2c2ccccc2c2c5ccccc5n(C5C=C(c6ccc(-c7ccccc7)cc6)NC(c6ccccc6)=N5)c24)-c2ccccc2C31. The molecular formula is C51H36N4. The lowest BCUT2D eigenvalue weighted by atomic mass is 9.80. The van der Waals surface area contributed by atoms with Gasteiger partial charge in [-0.1, -0.05) is 165 Å². The molecule has 260 valence electrons. The van der Waals surface area contributed by atoms with Crippen LogP contribution in [0.25, 0.3) is 72.1 Å². The van der Waals surface area contributed by atoms with Crippen molar-refractivity contribution in [1.82, 2.24) is 14.5 Å². The molecule has 4 heterocycles. The minimum Gasteiger partial charge on any atom is -0.340 e. The van der Waals surface area contributed by atoms with Crippen LogP contribution < -0.4 is 5.32 Å². The molecule has 0 radical (unpaired) electrons. The average Bonchev–Trinajstić information content (AvgIpc) is 3.91. The molecule has 0 saturated carbocycles. The zero-order chi connectivity index (χ0) is 36.2. The molecule has 1 aliphatic carbocycles. The normalized spacial score (nSPS) is 18.4. The van der Waals surface area contributed by atoms with Crippen molar-refractivity contribution in [2.45, 2.75) is 19.0 Å². The highest BCUT2D eigenvalue weighted by Crippen LogP contribution is 2.55. The Hall–Kier alpha value is -6.91. The standard InChI is InChI=1S/C51H36N4/c1-31-24-29-40-47-37-19-9-8-18-36(37)46-39-21-11-12-22-42(39)54(49(46)50(47)55-43-23-13-10-20-38(43)45(31)48(40)55)44-30-41(52-51(53-44)35-16-6-3-7-17-35)34-27-25-33(26-28-34)32-14-4-2-5-15-32/h2-31,44-45H,1H3,(H,52,53). The second-order valence-corrected chi connectivity index (χ2v) is 15.2. The van der Waals surface area contributed by atoms with Crippen LogP contribution >= 0.6 is 0 Å². The summed E-state index contributed by atoms with van der Waals surface area (Å²) in [6, 6.07) is 57.1. The topological polar surface area (TPSA) is 34.2 Å². The van der Waals surface area contributed by atoms with Gasteiger partial charge in [-0.05, 0) is 57.2 Å². The van der Waals surface area contributed by atoms with E-state index in [1.807, 2.05) is 0 Å². The van der Waals surface area contributed by atoms with Crippen molar-refractivity contribution >= 4 is 61.1 Å². The largest absolute Gasteiger partial charge is 0.340 e. The molecule has 3 aliphatic rings. The molecule has 0 spiro atoms. The summed E-state index contributed by atoms with van der Waals surface area (Å²) in [5.41, 5.74) is 14.7. The first-order chi connectivity index (χ1) is 27.2. The summed E-state index contributed by atoms with van der Waals surface area (Å²) < 4.78 is 5.14. The number of benzene rings is 7. The molecule has 3 atom stereocenters. The highest BCUT2D eigenvalue weighted by molar-refractivity contribution is 6.33. The van der Waals surface area contributed by atoms with Gasteiger partial charge >= 0.3 is 0 Å². The van der Waals surface area contributed by atoms with Crippen LogP contribution in [0.4, 0.5) is 0 Å². The van der Waals surface area contributed by atoms with E-state index in [0.717, 1.165) is 22.7 Å². The van der Waals surface area contributed by atoms with Crippen molar-refractivity contribution in [3.05, 3.63) is 198 Å². The van der Waals surface area contributed by atoms with Gasteiger partial charge in [0.05, 0.1) is 16.6 Å². The first-order valence-corrected chi connectivity index (χ1v) is 19.3. The predicted molar refractivity (Wildman–Crippen MR) is 229 cm³/mol. The van der Waals surface area contributed by atoms with Gasteiger partial charge in [0, 0.05) is 50.3 Å². The third-order valence-electron chi connectivity index (χ3n) is 12.2. The van der Waals surface area contributed by atoms with E-state index in [1.165, 1.54) is 77.1 Å². The Bertz CT molecular complexity index is 3120. The van der Waals surface area contributed by atoms with Crippen LogP contribution in [0.5, 0.6) is 0 Å². The summed E-state index contributed by atoms with van der Waals surface area (Å²) in [6.45, 7) is 2.37. The van der Waals surface area contributed by atoms with E-state index < -0.39 is 0 Å². The molecule has 12 rings (SSSR count). The van der Waals surface area contributed by atoms with Gasteiger partial charge in [0.15, 0.2) is 0 Å². The lowest BCUT2D eigenvalue weighted by Gasteiger charge is -2.25. The van der Waals surface area contributed by atoms with Crippen LogP contribution in [0.2, 0.25) is 0 Å². The van der Waals surface area contributed by atoms with E-state index in [-0.39, 0.29) is 6.17 Å². The number of rotatable bonds is 4. The Labute approximate surface area is 319 Å². The van der Waals surface area contributed by atoms with Gasteiger partial charge in [-0.25, -0.2) is 4.99 Å². The van der Waals surface area contributed by atoms with Crippen LogP contribution in [0.3, 0.4) is 0 Å². The van der Waals surface area contributed by atoms with Crippen LogP contribution in [0.1, 0.15) is 47.0 Å². The smallest absolute Gasteiger partial charge is 0.149 e. The Morgan fingerprint density at radius 1 is 0.564 bits per heavy atom. The molecule has 9 aromatic rings. The number of nitrogens with one attached hydrogen (secondary N) is 1. The van der Waals surface area contributed by atoms with Crippen molar-refractivity contribution in [2.75, 3.05) is 0 Å². The Morgan fingerprint density at radius 3 is 1.96 bits per heavy atom. The van der Waals surface area contributed by atoms with Gasteiger partial charge in [-0.2, -0.15) is 0 Å². The summed E-state index contributed by atoms with van der Waals surface area (Å²) in [7, 11) is 0. The highest BCUT2D eigenvalue weighted by Gasteiger charge is 2.40. The summed E-state index contributed by atoms with van der Waals surface area (Å²) in [5.74, 6) is 1.56. The number of hydrogen-bond donors (Lipinski definition) is 1. The lowest BCUT2D eigenvalue weighted by Crippen LogP contribution is -2.29. The highest BCUT2D eigenvalue weighted by atomic mass is 15.2. The number of hydrogen-bond acceptors (Lipinski definition) is 2. The Morgan fingerprint density at radius 2 is 1.18 bits per heavy atom. The maximum absolute atomic E-state index is 5.60. The van der Waals surface area contributed by atoms with Crippen molar-refractivity contribution in [2.24, 2.45) is 10.9 Å². The molecule has 1 N–H and O–H groups in total. The predicted octanol–water partition coefficient (Wildman–Crippen LogP) is 12.3. The number of aromatic nitrogens is 2. The van der Waals surface area contributed by atoms with E-state index in [9.17, 15) is 0 Å². The second kappa shape index (κ2) is 11.5.